The Balaban J connectivity index is 1.91. The number of nitrogens with one attached hydrogen (secondary N) is 1. The van der Waals surface area contributed by atoms with Crippen molar-refractivity contribution in [1.82, 2.24) is 15.4 Å². The van der Waals surface area contributed by atoms with E-state index >= 15 is 0 Å². The van der Waals surface area contributed by atoms with E-state index in [1.807, 2.05) is 13.8 Å². The highest BCUT2D eigenvalue weighted by Gasteiger charge is 2.46. The minimum absolute atomic E-state index is 0.198. The van der Waals surface area contributed by atoms with Gasteiger partial charge in [-0.3, -0.25) is 29.6 Å². The van der Waals surface area contributed by atoms with Gasteiger partial charge in [-0.1, -0.05) is 32.0 Å². The van der Waals surface area contributed by atoms with E-state index in [0.717, 1.165) is 9.91 Å². The lowest BCUT2D eigenvalue weighted by Gasteiger charge is -2.30. The molecule has 0 radical (unpaired) electrons. The van der Waals surface area contributed by atoms with Crippen LogP contribution >= 0.6 is 0 Å². The molecule has 156 valence electrons. The monoisotopic (exact) mass is 408 g/mol. The molecule has 2 aromatic rings. The zero-order valence-electron chi connectivity index (χ0n) is 16.9. The van der Waals surface area contributed by atoms with Crippen LogP contribution in [-0.4, -0.2) is 39.7 Å². The number of rotatable bonds is 6. The molecule has 1 aliphatic heterocycles. The molecule has 1 saturated heterocycles. The van der Waals surface area contributed by atoms with Crippen molar-refractivity contribution in [3.8, 4) is 0 Å². The average Bonchev–Trinajstić information content (AvgIpc) is 3.07. The first-order valence-corrected chi connectivity index (χ1v) is 9.93. The van der Waals surface area contributed by atoms with Gasteiger partial charge in [-0.05, 0) is 37.1 Å². The van der Waals surface area contributed by atoms with Crippen LogP contribution in [0.3, 0.4) is 0 Å². The fraction of sp³-hybridized carbons (Fsp3) is 0.318. The van der Waals surface area contributed by atoms with Crippen LogP contribution in [-0.2, 0) is 14.4 Å². The SMILES string of the molecule is CCC(CC)C(=O)N(NC(=O)c1ccncc1)[C@H]1CC(=O)N(c2ccccc2)C1=O. The number of imide groups is 1. The maximum absolute atomic E-state index is 13.2. The van der Waals surface area contributed by atoms with Gasteiger partial charge >= 0.3 is 0 Å². The molecule has 1 fully saturated rings. The number of pyridine rings is 1. The van der Waals surface area contributed by atoms with Gasteiger partial charge in [0.25, 0.3) is 11.8 Å². The summed E-state index contributed by atoms with van der Waals surface area (Å²) in [4.78, 5) is 56.6. The maximum atomic E-state index is 13.2. The molecule has 1 aromatic carbocycles. The Hall–Kier alpha value is -3.55. The third-order valence-electron chi connectivity index (χ3n) is 5.19. The minimum atomic E-state index is -1.10. The average molecular weight is 408 g/mol. The van der Waals surface area contributed by atoms with E-state index in [0.29, 0.717) is 24.1 Å². The molecule has 1 aliphatic rings. The molecule has 0 unspecified atom stereocenters. The van der Waals surface area contributed by atoms with E-state index in [4.69, 9.17) is 0 Å². The molecule has 1 N–H and O–H groups in total. The summed E-state index contributed by atoms with van der Waals surface area (Å²) in [5, 5.41) is 1.05. The molecule has 0 bridgehead atoms. The van der Waals surface area contributed by atoms with E-state index < -0.39 is 23.8 Å². The van der Waals surface area contributed by atoms with E-state index in [1.54, 1.807) is 30.3 Å². The van der Waals surface area contributed by atoms with Crippen molar-refractivity contribution in [3.63, 3.8) is 0 Å². The lowest BCUT2D eigenvalue weighted by atomic mass is 10.0. The number of aromatic nitrogens is 1. The second kappa shape index (κ2) is 9.30. The van der Waals surface area contributed by atoms with Crippen LogP contribution in [0.15, 0.2) is 54.9 Å². The predicted molar refractivity (Wildman–Crippen MR) is 110 cm³/mol. The summed E-state index contributed by atoms with van der Waals surface area (Å²) in [6, 6.07) is 10.4. The number of nitrogens with zero attached hydrogens (tertiary/aromatic N) is 3. The molecule has 3 rings (SSSR count). The van der Waals surface area contributed by atoms with Gasteiger partial charge in [-0.2, -0.15) is 0 Å². The lowest BCUT2D eigenvalue weighted by Crippen LogP contribution is -2.56. The Kier molecular flexibility index (Phi) is 6.56. The highest BCUT2D eigenvalue weighted by Crippen LogP contribution is 2.26. The van der Waals surface area contributed by atoms with Crippen molar-refractivity contribution in [2.45, 2.75) is 39.2 Å². The number of amides is 4. The Morgan fingerprint density at radius 3 is 2.33 bits per heavy atom. The van der Waals surface area contributed by atoms with Crippen LogP contribution in [0.2, 0.25) is 0 Å². The van der Waals surface area contributed by atoms with Crippen molar-refractivity contribution in [3.05, 3.63) is 60.4 Å². The Morgan fingerprint density at radius 1 is 1.10 bits per heavy atom. The zero-order valence-corrected chi connectivity index (χ0v) is 16.9. The second-order valence-corrected chi connectivity index (χ2v) is 7.02. The Bertz CT molecular complexity index is 929. The van der Waals surface area contributed by atoms with E-state index in [-0.39, 0.29) is 18.2 Å². The topological polar surface area (TPSA) is 99.7 Å². The van der Waals surface area contributed by atoms with Crippen molar-refractivity contribution >= 4 is 29.3 Å². The molecular weight excluding hydrogens is 384 g/mol. The van der Waals surface area contributed by atoms with Crippen molar-refractivity contribution in [2.24, 2.45) is 5.92 Å². The first-order chi connectivity index (χ1) is 14.5. The molecule has 1 atom stereocenters. The third-order valence-corrected chi connectivity index (χ3v) is 5.19. The number of anilines is 1. The fourth-order valence-electron chi connectivity index (χ4n) is 3.46. The van der Waals surface area contributed by atoms with Crippen LogP contribution in [0.5, 0.6) is 0 Å². The number of hydrogen-bond donors (Lipinski definition) is 1. The smallest absolute Gasteiger partial charge is 0.270 e. The molecule has 30 heavy (non-hydrogen) atoms. The van der Waals surface area contributed by atoms with Gasteiger partial charge in [0.1, 0.15) is 6.04 Å². The molecule has 8 heteroatoms. The van der Waals surface area contributed by atoms with E-state index in [2.05, 4.69) is 10.4 Å². The molecule has 0 saturated carbocycles. The molecule has 2 heterocycles. The van der Waals surface area contributed by atoms with Gasteiger partial charge in [-0.15, -0.1) is 0 Å². The first-order valence-electron chi connectivity index (χ1n) is 9.93. The predicted octanol–water partition coefficient (Wildman–Crippen LogP) is 2.32. The molecule has 0 aliphatic carbocycles. The number of carbonyl (C=O) groups excluding carboxylic acids is 4. The highest BCUT2D eigenvalue weighted by molar-refractivity contribution is 6.23. The second-order valence-electron chi connectivity index (χ2n) is 7.02. The van der Waals surface area contributed by atoms with Crippen LogP contribution in [0.4, 0.5) is 5.69 Å². The number of hydrazine groups is 1. The Labute approximate surface area is 174 Å². The minimum Gasteiger partial charge on any atom is -0.274 e. The zero-order chi connectivity index (χ0) is 21.7. The molecular formula is C22H24N4O4. The van der Waals surface area contributed by atoms with Gasteiger partial charge in [0.15, 0.2) is 0 Å². The van der Waals surface area contributed by atoms with Gasteiger partial charge in [0.05, 0.1) is 12.1 Å². The first kappa shape index (κ1) is 21.2. The Morgan fingerprint density at radius 2 is 1.73 bits per heavy atom. The summed E-state index contributed by atoms with van der Waals surface area (Å²) in [7, 11) is 0. The normalized spacial score (nSPS) is 16.1. The maximum Gasteiger partial charge on any atom is 0.270 e. The van der Waals surface area contributed by atoms with Gasteiger partial charge in [0, 0.05) is 23.9 Å². The summed E-state index contributed by atoms with van der Waals surface area (Å²) in [5.41, 5.74) is 3.30. The van der Waals surface area contributed by atoms with Crippen LogP contribution in [0, 0.1) is 5.92 Å². The van der Waals surface area contributed by atoms with Crippen molar-refractivity contribution in [1.29, 1.82) is 0 Å². The van der Waals surface area contributed by atoms with Gasteiger partial charge in [-0.25, -0.2) is 9.91 Å². The summed E-state index contributed by atoms with van der Waals surface area (Å²) in [5.74, 6) is -2.27. The molecule has 4 amide bonds. The fourth-order valence-corrected chi connectivity index (χ4v) is 3.46. The quantitative estimate of drug-likeness (QED) is 0.584. The van der Waals surface area contributed by atoms with E-state index in [9.17, 15) is 19.2 Å². The number of benzene rings is 1. The number of carbonyl (C=O) groups is 4. The standard InChI is InChI=1S/C22H24N4O4/c1-3-15(4-2)21(29)26(24-20(28)16-10-12-23-13-11-16)18-14-19(27)25(22(18)30)17-8-6-5-7-9-17/h5-13,15,18H,3-4,14H2,1-2H3,(H,24,28)/t18-/m0/s1. The summed E-state index contributed by atoms with van der Waals surface area (Å²) in [6.45, 7) is 3.74. The van der Waals surface area contributed by atoms with Gasteiger partial charge in [0.2, 0.25) is 11.8 Å². The van der Waals surface area contributed by atoms with Crippen molar-refractivity contribution in [2.75, 3.05) is 4.90 Å². The molecule has 8 nitrogen and oxygen atoms in total. The number of hydrogen-bond acceptors (Lipinski definition) is 5. The third kappa shape index (κ3) is 4.22. The molecule has 0 spiro atoms. The number of para-hydroxylation sites is 1. The van der Waals surface area contributed by atoms with Crippen LogP contribution in [0.25, 0.3) is 0 Å². The van der Waals surface area contributed by atoms with Crippen molar-refractivity contribution < 1.29 is 19.2 Å². The summed E-state index contributed by atoms with van der Waals surface area (Å²) >= 11 is 0. The lowest BCUT2D eigenvalue weighted by molar-refractivity contribution is -0.145. The van der Waals surface area contributed by atoms with Gasteiger partial charge < -0.3 is 0 Å². The summed E-state index contributed by atoms with van der Waals surface area (Å²) in [6.07, 6.45) is 3.82. The highest BCUT2D eigenvalue weighted by atomic mass is 16.2. The van der Waals surface area contributed by atoms with E-state index in [1.165, 1.54) is 24.5 Å². The summed E-state index contributed by atoms with van der Waals surface area (Å²) < 4.78 is 0. The molecule has 1 aromatic heterocycles. The van der Waals surface area contributed by atoms with Crippen LogP contribution in [0.1, 0.15) is 43.5 Å². The largest absolute Gasteiger partial charge is 0.274 e. The van der Waals surface area contributed by atoms with Crippen LogP contribution < -0.4 is 10.3 Å².